The highest BCUT2D eigenvalue weighted by molar-refractivity contribution is 4.91. The molecule has 0 aromatic carbocycles. The van der Waals surface area contributed by atoms with Gasteiger partial charge in [-0.3, -0.25) is 0 Å². The molecule has 1 aromatic rings. The second-order valence-corrected chi connectivity index (χ2v) is 4.34. The van der Waals surface area contributed by atoms with Crippen LogP contribution in [0.2, 0.25) is 0 Å². The van der Waals surface area contributed by atoms with Crippen LogP contribution in [-0.4, -0.2) is 16.7 Å². The van der Waals surface area contributed by atoms with Crippen molar-refractivity contribution in [3.05, 3.63) is 11.7 Å². The van der Waals surface area contributed by atoms with Crippen LogP contribution in [0.3, 0.4) is 0 Å². The van der Waals surface area contributed by atoms with E-state index >= 15 is 0 Å². The van der Waals surface area contributed by atoms with Gasteiger partial charge in [-0.1, -0.05) is 25.9 Å². The summed E-state index contributed by atoms with van der Waals surface area (Å²) in [7, 11) is 0. The first kappa shape index (κ1) is 13.1. The summed E-state index contributed by atoms with van der Waals surface area (Å²) in [5.74, 6) is 1.59. The highest BCUT2D eigenvalue weighted by Gasteiger charge is 2.15. The Labute approximate surface area is 96.4 Å². The lowest BCUT2D eigenvalue weighted by molar-refractivity contribution is 0.114. The van der Waals surface area contributed by atoms with Crippen LogP contribution in [-0.2, 0) is 11.3 Å². The van der Waals surface area contributed by atoms with E-state index in [-0.39, 0.29) is 6.04 Å². The van der Waals surface area contributed by atoms with Crippen molar-refractivity contribution in [1.82, 2.24) is 10.1 Å². The smallest absolute Gasteiger partial charge is 0.243 e. The van der Waals surface area contributed by atoms with E-state index in [4.69, 9.17) is 15.0 Å². The van der Waals surface area contributed by atoms with Crippen molar-refractivity contribution in [2.24, 2.45) is 11.7 Å². The summed E-state index contributed by atoms with van der Waals surface area (Å²) in [5, 5.41) is 3.83. The van der Waals surface area contributed by atoms with Gasteiger partial charge < -0.3 is 15.0 Å². The second kappa shape index (κ2) is 6.60. The number of aromatic nitrogens is 2. The van der Waals surface area contributed by atoms with Gasteiger partial charge in [0.05, 0.1) is 6.04 Å². The number of nitrogens with two attached hydrogens (primary N) is 1. The van der Waals surface area contributed by atoms with Gasteiger partial charge in [-0.25, -0.2) is 0 Å². The molecule has 0 radical (unpaired) electrons. The summed E-state index contributed by atoms with van der Waals surface area (Å²) in [6.45, 7) is 7.39. The lowest BCUT2D eigenvalue weighted by Crippen LogP contribution is -2.13. The van der Waals surface area contributed by atoms with Crippen LogP contribution in [0, 0.1) is 5.92 Å². The first-order chi connectivity index (χ1) is 7.63. The van der Waals surface area contributed by atoms with Crippen LogP contribution in [0.1, 0.15) is 51.4 Å². The van der Waals surface area contributed by atoms with E-state index in [2.05, 4.69) is 30.9 Å². The van der Waals surface area contributed by atoms with Gasteiger partial charge in [-0.2, -0.15) is 4.98 Å². The van der Waals surface area contributed by atoms with Gasteiger partial charge in [-0.05, 0) is 18.8 Å². The topological polar surface area (TPSA) is 74.2 Å². The van der Waals surface area contributed by atoms with E-state index in [0.717, 1.165) is 12.8 Å². The largest absolute Gasteiger partial charge is 0.373 e. The molecule has 5 nitrogen and oxygen atoms in total. The first-order valence-corrected chi connectivity index (χ1v) is 5.79. The van der Waals surface area contributed by atoms with E-state index < -0.39 is 0 Å². The number of rotatable bonds is 7. The Hall–Kier alpha value is -0.940. The quantitative estimate of drug-likeness (QED) is 0.721. The second-order valence-electron chi connectivity index (χ2n) is 4.34. The molecule has 1 heterocycles. The van der Waals surface area contributed by atoms with Gasteiger partial charge in [0.15, 0.2) is 5.82 Å². The minimum Gasteiger partial charge on any atom is -0.373 e. The predicted molar refractivity (Wildman–Crippen MR) is 60.6 cm³/mol. The molecule has 0 saturated heterocycles. The fraction of sp³-hybridized carbons (Fsp3) is 0.818. The monoisotopic (exact) mass is 227 g/mol. The minimum absolute atomic E-state index is 0.174. The van der Waals surface area contributed by atoms with Gasteiger partial charge in [0.2, 0.25) is 5.89 Å². The zero-order chi connectivity index (χ0) is 12.0. The Morgan fingerprint density at radius 2 is 2.19 bits per heavy atom. The van der Waals surface area contributed by atoms with E-state index in [0.29, 0.717) is 30.8 Å². The van der Waals surface area contributed by atoms with Crippen molar-refractivity contribution < 1.29 is 9.26 Å². The molecule has 2 N–H and O–H groups in total. The standard InChI is InChI=1S/C11H21N3O2/c1-4-5-15-7-10-13-11(16-14-10)9(12)6-8(2)3/h8-9H,4-7,12H2,1-3H3/t9-/m0/s1. The van der Waals surface area contributed by atoms with E-state index in [1.165, 1.54) is 0 Å². The summed E-state index contributed by atoms with van der Waals surface area (Å²) < 4.78 is 10.4. The molecule has 5 heteroatoms. The Morgan fingerprint density at radius 1 is 1.44 bits per heavy atom. The molecule has 0 aliphatic carbocycles. The average molecular weight is 227 g/mol. The Morgan fingerprint density at radius 3 is 2.81 bits per heavy atom. The lowest BCUT2D eigenvalue weighted by Gasteiger charge is -2.08. The molecule has 1 rings (SSSR count). The number of hydrogen-bond acceptors (Lipinski definition) is 5. The van der Waals surface area contributed by atoms with Gasteiger partial charge >= 0.3 is 0 Å². The fourth-order valence-electron chi connectivity index (χ4n) is 1.39. The van der Waals surface area contributed by atoms with Crippen molar-refractivity contribution in [3.8, 4) is 0 Å². The van der Waals surface area contributed by atoms with Crippen LogP contribution >= 0.6 is 0 Å². The third kappa shape index (κ3) is 4.28. The summed E-state index contributed by atoms with van der Waals surface area (Å²) >= 11 is 0. The Balaban J connectivity index is 2.44. The van der Waals surface area contributed by atoms with Crippen molar-refractivity contribution >= 4 is 0 Å². The molecule has 1 atom stereocenters. The van der Waals surface area contributed by atoms with E-state index in [1.54, 1.807) is 0 Å². The van der Waals surface area contributed by atoms with Gasteiger partial charge in [0.25, 0.3) is 0 Å². The predicted octanol–water partition coefficient (Wildman–Crippen LogP) is 2.04. The zero-order valence-electron chi connectivity index (χ0n) is 10.3. The van der Waals surface area contributed by atoms with Crippen molar-refractivity contribution in [2.45, 2.75) is 46.3 Å². The molecule has 0 bridgehead atoms. The van der Waals surface area contributed by atoms with Crippen LogP contribution in [0.4, 0.5) is 0 Å². The molecule has 16 heavy (non-hydrogen) atoms. The molecule has 0 aliphatic heterocycles. The molecule has 1 aromatic heterocycles. The SMILES string of the molecule is CCCOCc1noc([C@@H](N)CC(C)C)n1. The third-order valence-electron chi connectivity index (χ3n) is 2.11. The first-order valence-electron chi connectivity index (χ1n) is 5.79. The lowest BCUT2D eigenvalue weighted by atomic mass is 10.0. The molecule has 0 amide bonds. The van der Waals surface area contributed by atoms with Crippen LogP contribution < -0.4 is 5.73 Å². The minimum atomic E-state index is -0.174. The van der Waals surface area contributed by atoms with Crippen molar-refractivity contribution in [3.63, 3.8) is 0 Å². The molecular weight excluding hydrogens is 206 g/mol. The van der Waals surface area contributed by atoms with E-state index in [9.17, 15) is 0 Å². The maximum absolute atomic E-state index is 5.93. The average Bonchev–Trinajstić information content (AvgIpc) is 2.66. The number of nitrogens with zero attached hydrogens (tertiary/aromatic N) is 2. The van der Waals surface area contributed by atoms with Gasteiger partial charge in [-0.15, -0.1) is 0 Å². The highest BCUT2D eigenvalue weighted by atomic mass is 16.5. The highest BCUT2D eigenvalue weighted by Crippen LogP contribution is 2.16. The molecule has 0 unspecified atom stereocenters. The van der Waals surface area contributed by atoms with Crippen LogP contribution in [0.5, 0.6) is 0 Å². The van der Waals surface area contributed by atoms with Gasteiger partial charge in [0, 0.05) is 6.61 Å². The number of hydrogen-bond donors (Lipinski definition) is 1. The third-order valence-corrected chi connectivity index (χ3v) is 2.11. The van der Waals surface area contributed by atoms with Crippen molar-refractivity contribution in [1.29, 1.82) is 0 Å². The summed E-state index contributed by atoms with van der Waals surface area (Å²) in [4.78, 5) is 4.21. The maximum Gasteiger partial charge on any atom is 0.243 e. The molecular formula is C11H21N3O2. The summed E-state index contributed by atoms with van der Waals surface area (Å²) in [6, 6.07) is -0.174. The fourth-order valence-corrected chi connectivity index (χ4v) is 1.39. The number of ether oxygens (including phenoxy) is 1. The van der Waals surface area contributed by atoms with Gasteiger partial charge in [0.1, 0.15) is 6.61 Å². The van der Waals surface area contributed by atoms with Crippen LogP contribution in [0.25, 0.3) is 0 Å². The van der Waals surface area contributed by atoms with Crippen LogP contribution in [0.15, 0.2) is 4.52 Å². The summed E-state index contributed by atoms with van der Waals surface area (Å²) in [6.07, 6.45) is 1.83. The summed E-state index contributed by atoms with van der Waals surface area (Å²) in [5.41, 5.74) is 5.93. The van der Waals surface area contributed by atoms with E-state index in [1.807, 2.05) is 0 Å². The molecule has 0 fully saturated rings. The molecule has 92 valence electrons. The maximum atomic E-state index is 5.93. The Kier molecular flexibility index (Phi) is 5.42. The molecule has 0 saturated carbocycles. The zero-order valence-corrected chi connectivity index (χ0v) is 10.3. The van der Waals surface area contributed by atoms with Crippen molar-refractivity contribution in [2.75, 3.05) is 6.61 Å². The molecule has 0 aliphatic rings. The Bertz CT molecular complexity index is 299. The molecule has 0 spiro atoms. The normalized spacial score (nSPS) is 13.3.